The Hall–Kier alpha value is -1.35. The van der Waals surface area contributed by atoms with Gasteiger partial charge >= 0.3 is 0 Å². The fourth-order valence-corrected chi connectivity index (χ4v) is 1.16. The molecule has 0 heterocycles. The average Bonchev–Trinajstić information content (AvgIpc) is 2.25. The molecule has 0 saturated heterocycles. The zero-order valence-corrected chi connectivity index (χ0v) is 8.32. The summed E-state index contributed by atoms with van der Waals surface area (Å²) >= 11 is 0. The summed E-state index contributed by atoms with van der Waals surface area (Å²) in [7, 11) is 0. The molecule has 1 rings (SSSR count). The van der Waals surface area contributed by atoms with Gasteiger partial charge in [-0.25, -0.2) is 0 Å². The molecule has 1 aromatic rings. The maximum Gasteiger partial charge on any atom is 0.125 e. The highest BCUT2D eigenvalue weighted by atomic mass is 14.8. The standard InChI is InChI=1S/C11H17N3/c12-8-4-5-9-14-11(13)10-6-2-1-3-7-10/h1-3,6-7H,4-5,8-9,12H2,(H2,13,14). The van der Waals surface area contributed by atoms with Crippen molar-refractivity contribution in [2.75, 3.05) is 13.1 Å². The van der Waals surface area contributed by atoms with Gasteiger partial charge in [0.2, 0.25) is 0 Å². The van der Waals surface area contributed by atoms with Crippen LogP contribution in [-0.4, -0.2) is 18.9 Å². The first kappa shape index (κ1) is 10.7. The maximum absolute atomic E-state index is 5.80. The summed E-state index contributed by atoms with van der Waals surface area (Å²) in [6.45, 7) is 1.48. The number of aliphatic imine (C=N–C) groups is 1. The van der Waals surface area contributed by atoms with E-state index in [-0.39, 0.29) is 0 Å². The van der Waals surface area contributed by atoms with Crippen LogP contribution in [0.3, 0.4) is 0 Å². The minimum Gasteiger partial charge on any atom is -0.384 e. The molecule has 0 radical (unpaired) electrons. The number of rotatable bonds is 5. The number of amidine groups is 1. The van der Waals surface area contributed by atoms with E-state index >= 15 is 0 Å². The van der Waals surface area contributed by atoms with Crippen LogP contribution >= 0.6 is 0 Å². The molecule has 0 bridgehead atoms. The van der Waals surface area contributed by atoms with E-state index in [4.69, 9.17) is 11.5 Å². The van der Waals surface area contributed by atoms with Crippen molar-refractivity contribution in [3.8, 4) is 0 Å². The molecule has 0 atom stereocenters. The third-order valence-corrected chi connectivity index (χ3v) is 1.96. The molecule has 0 aliphatic heterocycles. The number of unbranched alkanes of at least 4 members (excludes halogenated alkanes) is 1. The van der Waals surface area contributed by atoms with Crippen molar-refractivity contribution in [1.82, 2.24) is 0 Å². The Bertz CT molecular complexity index is 280. The number of hydrogen-bond donors (Lipinski definition) is 2. The van der Waals surface area contributed by atoms with Gasteiger partial charge in [-0.1, -0.05) is 30.3 Å². The smallest absolute Gasteiger partial charge is 0.125 e. The molecule has 0 amide bonds. The van der Waals surface area contributed by atoms with E-state index in [1.54, 1.807) is 0 Å². The van der Waals surface area contributed by atoms with E-state index in [0.717, 1.165) is 31.5 Å². The van der Waals surface area contributed by atoms with Gasteiger partial charge in [-0.3, -0.25) is 4.99 Å². The minimum absolute atomic E-state index is 0.614. The highest BCUT2D eigenvalue weighted by Crippen LogP contribution is 1.98. The summed E-state index contributed by atoms with van der Waals surface area (Å²) in [6.07, 6.45) is 2.01. The first-order chi connectivity index (χ1) is 6.84. The molecule has 0 fully saturated rings. The lowest BCUT2D eigenvalue weighted by atomic mass is 10.2. The van der Waals surface area contributed by atoms with Crippen molar-refractivity contribution in [2.45, 2.75) is 12.8 Å². The Morgan fingerprint density at radius 3 is 2.50 bits per heavy atom. The van der Waals surface area contributed by atoms with E-state index in [1.165, 1.54) is 0 Å². The van der Waals surface area contributed by atoms with E-state index < -0.39 is 0 Å². The molecule has 4 N–H and O–H groups in total. The van der Waals surface area contributed by atoms with Crippen molar-refractivity contribution < 1.29 is 0 Å². The van der Waals surface area contributed by atoms with Crippen molar-refractivity contribution >= 4 is 5.84 Å². The van der Waals surface area contributed by atoms with Gasteiger partial charge < -0.3 is 11.5 Å². The van der Waals surface area contributed by atoms with E-state index in [2.05, 4.69) is 4.99 Å². The second-order valence-electron chi connectivity index (χ2n) is 3.13. The van der Waals surface area contributed by atoms with Crippen LogP contribution in [-0.2, 0) is 0 Å². The van der Waals surface area contributed by atoms with Crippen molar-refractivity contribution in [3.63, 3.8) is 0 Å². The molecule has 0 saturated carbocycles. The molecule has 0 unspecified atom stereocenters. The summed E-state index contributed by atoms with van der Waals surface area (Å²) in [6, 6.07) is 9.80. The van der Waals surface area contributed by atoms with Crippen LogP contribution < -0.4 is 11.5 Å². The molecule has 0 aliphatic carbocycles. The SMILES string of the molecule is NCCCCN=C(N)c1ccccc1. The summed E-state index contributed by atoms with van der Waals surface area (Å²) in [4.78, 5) is 4.27. The van der Waals surface area contributed by atoms with Crippen LogP contribution in [0.15, 0.2) is 35.3 Å². The quantitative estimate of drug-likeness (QED) is 0.416. The van der Waals surface area contributed by atoms with Crippen LogP contribution in [0.4, 0.5) is 0 Å². The van der Waals surface area contributed by atoms with Crippen LogP contribution in [0.2, 0.25) is 0 Å². The van der Waals surface area contributed by atoms with Gasteiger partial charge in [0.05, 0.1) is 0 Å². The summed E-state index contributed by atoms with van der Waals surface area (Å²) < 4.78 is 0. The van der Waals surface area contributed by atoms with Crippen molar-refractivity contribution in [1.29, 1.82) is 0 Å². The zero-order valence-electron chi connectivity index (χ0n) is 8.32. The lowest BCUT2D eigenvalue weighted by Gasteiger charge is -2.00. The largest absolute Gasteiger partial charge is 0.384 e. The molecule has 0 aromatic heterocycles. The van der Waals surface area contributed by atoms with Gasteiger partial charge in [-0.05, 0) is 19.4 Å². The Labute approximate surface area is 84.8 Å². The molecule has 3 heteroatoms. The highest BCUT2D eigenvalue weighted by molar-refractivity contribution is 5.97. The van der Waals surface area contributed by atoms with Gasteiger partial charge in [0.1, 0.15) is 5.84 Å². The van der Waals surface area contributed by atoms with Crippen LogP contribution in [0.5, 0.6) is 0 Å². The Morgan fingerprint density at radius 1 is 1.14 bits per heavy atom. The number of nitrogens with zero attached hydrogens (tertiary/aromatic N) is 1. The minimum atomic E-state index is 0.614. The normalized spacial score (nSPS) is 11.6. The summed E-state index contributed by atoms with van der Waals surface area (Å²) in [5.74, 6) is 0.614. The number of nitrogens with two attached hydrogens (primary N) is 2. The van der Waals surface area contributed by atoms with Crippen LogP contribution in [0.1, 0.15) is 18.4 Å². The van der Waals surface area contributed by atoms with Crippen molar-refractivity contribution in [3.05, 3.63) is 35.9 Å². The van der Waals surface area contributed by atoms with Gasteiger partial charge in [-0.2, -0.15) is 0 Å². The van der Waals surface area contributed by atoms with E-state index in [9.17, 15) is 0 Å². The van der Waals surface area contributed by atoms with Crippen LogP contribution in [0, 0.1) is 0 Å². The van der Waals surface area contributed by atoms with E-state index in [1.807, 2.05) is 30.3 Å². The Balaban J connectivity index is 2.44. The average molecular weight is 191 g/mol. The predicted molar refractivity (Wildman–Crippen MR) is 60.3 cm³/mol. The van der Waals surface area contributed by atoms with Gasteiger partial charge in [0.15, 0.2) is 0 Å². The fourth-order valence-electron chi connectivity index (χ4n) is 1.16. The third kappa shape index (κ3) is 3.58. The van der Waals surface area contributed by atoms with Crippen molar-refractivity contribution in [2.24, 2.45) is 16.5 Å². The third-order valence-electron chi connectivity index (χ3n) is 1.96. The second kappa shape index (κ2) is 6.16. The Kier molecular flexibility index (Phi) is 4.72. The first-order valence-electron chi connectivity index (χ1n) is 4.90. The highest BCUT2D eigenvalue weighted by Gasteiger charge is 1.94. The van der Waals surface area contributed by atoms with E-state index in [0.29, 0.717) is 5.84 Å². The summed E-state index contributed by atoms with van der Waals surface area (Å²) in [5.41, 5.74) is 12.2. The lowest BCUT2D eigenvalue weighted by Crippen LogP contribution is -2.13. The van der Waals surface area contributed by atoms with Gasteiger partial charge in [-0.15, -0.1) is 0 Å². The second-order valence-corrected chi connectivity index (χ2v) is 3.13. The predicted octanol–water partition coefficient (Wildman–Crippen LogP) is 1.13. The van der Waals surface area contributed by atoms with Gasteiger partial charge in [0, 0.05) is 12.1 Å². The first-order valence-corrected chi connectivity index (χ1v) is 4.90. The number of benzene rings is 1. The molecule has 76 valence electrons. The molecular weight excluding hydrogens is 174 g/mol. The lowest BCUT2D eigenvalue weighted by molar-refractivity contribution is 0.755. The molecule has 0 spiro atoms. The maximum atomic E-state index is 5.80. The molecule has 3 nitrogen and oxygen atoms in total. The fraction of sp³-hybridized carbons (Fsp3) is 0.364. The molecule has 1 aromatic carbocycles. The molecular formula is C11H17N3. The molecule has 0 aliphatic rings. The summed E-state index contributed by atoms with van der Waals surface area (Å²) in [5, 5.41) is 0. The van der Waals surface area contributed by atoms with Gasteiger partial charge in [0.25, 0.3) is 0 Å². The molecule has 14 heavy (non-hydrogen) atoms. The van der Waals surface area contributed by atoms with Crippen LogP contribution in [0.25, 0.3) is 0 Å². The zero-order chi connectivity index (χ0) is 10.2. The Morgan fingerprint density at radius 2 is 1.86 bits per heavy atom. The monoisotopic (exact) mass is 191 g/mol. The number of hydrogen-bond acceptors (Lipinski definition) is 2. The topological polar surface area (TPSA) is 64.4 Å².